The van der Waals surface area contributed by atoms with Crippen molar-refractivity contribution in [1.29, 1.82) is 0 Å². The standard InChI is InChI=1S/C14H14BrNO2/c15-11-6-8-18-14(11)13(16)10-5-7-17-12-4-2-1-3-9(10)12/h1-4,6,8,10,13H,5,7,16H2. The van der Waals surface area contributed by atoms with E-state index in [-0.39, 0.29) is 12.0 Å². The summed E-state index contributed by atoms with van der Waals surface area (Å²) in [5.41, 5.74) is 7.52. The van der Waals surface area contributed by atoms with Gasteiger partial charge in [0.15, 0.2) is 0 Å². The molecule has 1 aliphatic rings. The van der Waals surface area contributed by atoms with Crippen molar-refractivity contribution in [3.05, 3.63) is 52.4 Å². The van der Waals surface area contributed by atoms with E-state index >= 15 is 0 Å². The number of hydrogen-bond donors (Lipinski definition) is 1. The van der Waals surface area contributed by atoms with E-state index in [0.717, 1.165) is 22.4 Å². The van der Waals surface area contributed by atoms with E-state index in [0.29, 0.717) is 6.61 Å². The Balaban J connectivity index is 1.97. The molecule has 1 aromatic heterocycles. The van der Waals surface area contributed by atoms with Crippen LogP contribution in [0, 0.1) is 0 Å². The molecule has 1 aromatic carbocycles. The Morgan fingerprint density at radius 3 is 2.89 bits per heavy atom. The van der Waals surface area contributed by atoms with Crippen molar-refractivity contribution in [1.82, 2.24) is 0 Å². The zero-order valence-electron chi connectivity index (χ0n) is 9.80. The molecule has 1 aliphatic heterocycles. The summed E-state index contributed by atoms with van der Waals surface area (Å²) in [4.78, 5) is 0. The van der Waals surface area contributed by atoms with Crippen molar-refractivity contribution in [2.45, 2.75) is 18.4 Å². The van der Waals surface area contributed by atoms with E-state index in [1.807, 2.05) is 24.3 Å². The molecule has 2 atom stereocenters. The third kappa shape index (κ3) is 1.95. The summed E-state index contributed by atoms with van der Waals surface area (Å²) < 4.78 is 12.1. The highest BCUT2D eigenvalue weighted by Crippen LogP contribution is 2.41. The topological polar surface area (TPSA) is 48.4 Å². The van der Waals surface area contributed by atoms with Gasteiger partial charge >= 0.3 is 0 Å². The molecular weight excluding hydrogens is 294 g/mol. The number of para-hydroxylation sites is 1. The first kappa shape index (κ1) is 11.8. The van der Waals surface area contributed by atoms with Crippen molar-refractivity contribution in [3.8, 4) is 5.75 Å². The predicted octanol–water partition coefficient (Wildman–Crippen LogP) is 3.61. The predicted molar refractivity (Wildman–Crippen MR) is 72.6 cm³/mol. The molecule has 0 saturated carbocycles. The number of hydrogen-bond acceptors (Lipinski definition) is 3. The van der Waals surface area contributed by atoms with E-state index in [2.05, 4.69) is 22.0 Å². The van der Waals surface area contributed by atoms with Crippen LogP contribution in [0.5, 0.6) is 5.75 Å². The minimum Gasteiger partial charge on any atom is -0.493 e. The lowest BCUT2D eigenvalue weighted by atomic mass is 9.86. The summed E-state index contributed by atoms with van der Waals surface area (Å²) >= 11 is 3.47. The van der Waals surface area contributed by atoms with Gasteiger partial charge in [-0.2, -0.15) is 0 Å². The van der Waals surface area contributed by atoms with Crippen LogP contribution in [0.3, 0.4) is 0 Å². The zero-order valence-corrected chi connectivity index (χ0v) is 11.4. The summed E-state index contributed by atoms with van der Waals surface area (Å²) in [5, 5.41) is 0. The third-order valence-electron chi connectivity index (χ3n) is 3.39. The number of nitrogens with two attached hydrogens (primary N) is 1. The van der Waals surface area contributed by atoms with Crippen molar-refractivity contribution in [2.24, 2.45) is 5.73 Å². The van der Waals surface area contributed by atoms with Crippen LogP contribution in [-0.4, -0.2) is 6.61 Å². The van der Waals surface area contributed by atoms with Crippen LogP contribution in [0.4, 0.5) is 0 Å². The van der Waals surface area contributed by atoms with Gasteiger partial charge in [0.2, 0.25) is 0 Å². The van der Waals surface area contributed by atoms with Crippen LogP contribution in [0.25, 0.3) is 0 Å². The van der Waals surface area contributed by atoms with E-state index in [1.165, 1.54) is 5.56 Å². The number of benzene rings is 1. The second kappa shape index (κ2) is 4.78. The molecule has 3 rings (SSSR count). The molecule has 0 spiro atoms. The molecule has 0 aliphatic carbocycles. The van der Waals surface area contributed by atoms with Crippen LogP contribution < -0.4 is 10.5 Å². The van der Waals surface area contributed by atoms with Gasteiger partial charge < -0.3 is 14.9 Å². The van der Waals surface area contributed by atoms with Crippen LogP contribution in [0.2, 0.25) is 0 Å². The summed E-state index contributed by atoms with van der Waals surface area (Å²) in [6.45, 7) is 0.702. The Morgan fingerprint density at radius 1 is 1.28 bits per heavy atom. The fraction of sp³-hybridized carbons (Fsp3) is 0.286. The van der Waals surface area contributed by atoms with Crippen molar-refractivity contribution in [3.63, 3.8) is 0 Å². The highest BCUT2D eigenvalue weighted by atomic mass is 79.9. The molecule has 2 unspecified atom stereocenters. The van der Waals surface area contributed by atoms with Crippen molar-refractivity contribution in [2.75, 3.05) is 6.61 Å². The molecule has 3 nitrogen and oxygen atoms in total. The largest absolute Gasteiger partial charge is 0.493 e. The molecular formula is C14H14BrNO2. The highest BCUT2D eigenvalue weighted by Gasteiger charge is 2.30. The van der Waals surface area contributed by atoms with Crippen LogP contribution in [0.15, 0.2) is 45.5 Å². The first-order valence-corrected chi connectivity index (χ1v) is 6.77. The number of furan rings is 1. The summed E-state index contributed by atoms with van der Waals surface area (Å²) in [6, 6.07) is 9.79. The van der Waals surface area contributed by atoms with E-state index in [9.17, 15) is 0 Å². The molecule has 2 N–H and O–H groups in total. The first-order chi connectivity index (χ1) is 8.77. The second-order valence-corrected chi connectivity index (χ2v) is 5.29. The number of ether oxygens (including phenoxy) is 1. The van der Waals surface area contributed by atoms with Gasteiger partial charge in [0, 0.05) is 5.92 Å². The van der Waals surface area contributed by atoms with Gasteiger partial charge in [-0.15, -0.1) is 0 Å². The lowest BCUT2D eigenvalue weighted by Gasteiger charge is -2.29. The normalized spacial score (nSPS) is 20.0. The monoisotopic (exact) mass is 307 g/mol. The SMILES string of the molecule is NC(c1occc1Br)C1CCOc2ccccc21. The number of halogens is 1. The molecule has 0 amide bonds. The smallest absolute Gasteiger partial charge is 0.135 e. The summed E-state index contributed by atoms with van der Waals surface area (Å²) in [7, 11) is 0. The lowest BCUT2D eigenvalue weighted by molar-refractivity contribution is 0.249. The molecule has 0 bridgehead atoms. The quantitative estimate of drug-likeness (QED) is 0.922. The highest BCUT2D eigenvalue weighted by molar-refractivity contribution is 9.10. The fourth-order valence-electron chi connectivity index (χ4n) is 2.47. The molecule has 94 valence electrons. The minimum atomic E-state index is -0.153. The first-order valence-electron chi connectivity index (χ1n) is 5.97. The maximum Gasteiger partial charge on any atom is 0.135 e. The van der Waals surface area contributed by atoms with Gasteiger partial charge in [0.05, 0.1) is 23.4 Å². The number of fused-ring (bicyclic) bond motifs is 1. The van der Waals surface area contributed by atoms with E-state index in [1.54, 1.807) is 6.26 Å². The Bertz CT molecular complexity index is 552. The van der Waals surface area contributed by atoms with Gasteiger partial charge in [-0.1, -0.05) is 18.2 Å². The van der Waals surface area contributed by atoms with Gasteiger partial charge in [-0.05, 0) is 40.0 Å². The van der Waals surface area contributed by atoms with Gasteiger partial charge in [0.25, 0.3) is 0 Å². The maximum absolute atomic E-state index is 6.35. The lowest BCUT2D eigenvalue weighted by Crippen LogP contribution is -2.25. The summed E-state index contributed by atoms with van der Waals surface area (Å²) in [5.74, 6) is 1.97. The third-order valence-corrected chi connectivity index (χ3v) is 4.04. The van der Waals surface area contributed by atoms with E-state index in [4.69, 9.17) is 14.9 Å². The Kier molecular flexibility index (Phi) is 3.14. The van der Waals surface area contributed by atoms with Gasteiger partial charge in [-0.25, -0.2) is 0 Å². The Hall–Kier alpha value is -1.26. The molecule has 0 saturated heterocycles. The molecule has 0 radical (unpaired) electrons. The van der Waals surface area contributed by atoms with Crippen molar-refractivity contribution < 1.29 is 9.15 Å². The van der Waals surface area contributed by atoms with Crippen LogP contribution >= 0.6 is 15.9 Å². The molecule has 2 heterocycles. The maximum atomic E-state index is 6.35. The second-order valence-electron chi connectivity index (χ2n) is 4.44. The average Bonchev–Trinajstić information content (AvgIpc) is 2.83. The van der Waals surface area contributed by atoms with Gasteiger partial charge in [0.1, 0.15) is 11.5 Å². The summed E-state index contributed by atoms with van der Waals surface area (Å²) in [6.07, 6.45) is 2.57. The van der Waals surface area contributed by atoms with Gasteiger partial charge in [-0.3, -0.25) is 0 Å². The van der Waals surface area contributed by atoms with Crippen molar-refractivity contribution >= 4 is 15.9 Å². The molecule has 4 heteroatoms. The molecule has 0 fully saturated rings. The van der Waals surface area contributed by atoms with E-state index < -0.39 is 0 Å². The molecule has 2 aromatic rings. The van der Waals surface area contributed by atoms with Crippen LogP contribution in [0.1, 0.15) is 29.7 Å². The zero-order chi connectivity index (χ0) is 12.5. The Labute approximate surface area is 114 Å². The number of rotatable bonds is 2. The van der Waals surface area contributed by atoms with Crippen LogP contribution in [-0.2, 0) is 0 Å². The molecule has 18 heavy (non-hydrogen) atoms. The minimum absolute atomic E-state index is 0.153. The average molecular weight is 308 g/mol. The fourth-order valence-corrected chi connectivity index (χ4v) is 2.93. The Morgan fingerprint density at radius 2 is 2.11 bits per heavy atom.